The maximum absolute atomic E-state index is 13.3. The molecule has 3 aromatic rings. The molecule has 7 heteroatoms. The molecule has 6 nitrogen and oxygen atoms in total. The number of carbonyl (C=O) groups excluding carboxylic acids is 2. The van der Waals surface area contributed by atoms with Crippen molar-refractivity contribution in [3.63, 3.8) is 0 Å². The van der Waals surface area contributed by atoms with Crippen LogP contribution in [0.15, 0.2) is 24.3 Å². The number of anilines is 1. The van der Waals surface area contributed by atoms with Crippen LogP contribution in [0, 0.1) is 17.2 Å². The second kappa shape index (κ2) is 10.2. The van der Waals surface area contributed by atoms with Crippen LogP contribution in [0.5, 0.6) is 0 Å². The zero-order valence-corrected chi connectivity index (χ0v) is 20.8. The number of aryl methyl sites for hydroxylation is 1. The van der Waals surface area contributed by atoms with E-state index in [1.165, 1.54) is 22.6 Å². The molecule has 0 aliphatic heterocycles. The number of nitriles is 1. The molecule has 180 valence electrons. The third-order valence-corrected chi connectivity index (χ3v) is 8.25. The highest BCUT2D eigenvalue weighted by Gasteiger charge is 2.26. The van der Waals surface area contributed by atoms with Crippen molar-refractivity contribution in [3.05, 3.63) is 57.1 Å². The Morgan fingerprint density at radius 3 is 2.77 bits per heavy atom. The molecule has 0 bridgehead atoms. The lowest BCUT2D eigenvalue weighted by Gasteiger charge is -2.18. The van der Waals surface area contributed by atoms with E-state index >= 15 is 0 Å². The summed E-state index contributed by atoms with van der Waals surface area (Å²) in [7, 11) is 0. The molecule has 0 saturated carbocycles. The van der Waals surface area contributed by atoms with Gasteiger partial charge in [-0.2, -0.15) is 5.26 Å². The van der Waals surface area contributed by atoms with Crippen molar-refractivity contribution in [3.8, 4) is 6.07 Å². The third kappa shape index (κ3) is 4.81. The Balaban J connectivity index is 1.36. The number of hydrogen-bond donors (Lipinski definition) is 1. The number of aromatic nitrogens is 1. The van der Waals surface area contributed by atoms with Crippen molar-refractivity contribution in [1.82, 2.24) is 4.98 Å². The predicted molar refractivity (Wildman–Crippen MR) is 137 cm³/mol. The summed E-state index contributed by atoms with van der Waals surface area (Å²) in [4.78, 5) is 32.1. The van der Waals surface area contributed by atoms with Crippen molar-refractivity contribution < 1.29 is 14.3 Å². The second-order valence-corrected chi connectivity index (χ2v) is 10.7. The Hall–Kier alpha value is -3.24. The minimum absolute atomic E-state index is 0.395. The van der Waals surface area contributed by atoms with Gasteiger partial charge in [0, 0.05) is 16.0 Å². The number of benzene rings is 1. The first kappa shape index (κ1) is 23.5. The molecule has 0 fully saturated rings. The zero-order chi connectivity index (χ0) is 24.4. The van der Waals surface area contributed by atoms with E-state index < -0.39 is 18.5 Å². The number of ether oxygens (including phenoxy) is 1. The van der Waals surface area contributed by atoms with Crippen molar-refractivity contribution >= 4 is 39.1 Å². The van der Waals surface area contributed by atoms with E-state index in [0.29, 0.717) is 22.0 Å². The van der Waals surface area contributed by atoms with E-state index in [1.54, 1.807) is 0 Å². The highest BCUT2D eigenvalue weighted by Crippen LogP contribution is 2.39. The molecule has 2 aliphatic carbocycles. The summed E-state index contributed by atoms with van der Waals surface area (Å²) in [5.74, 6) is -0.343. The number of nitrogens with zero attached hydrogens (tertiary/aromatic N) is 2. The fraction of sp³-hybridized carbons (Fsp3) is 0.429. The van der Waals surface area contributed by atoms with Crippen LogP contribution in [0.3, 0.4) is 0 Å². The highest BCUT2D eigenvalue weighted by atomic mass is 32.1. The lowest BCUT2D eigenvalue weighted by molar-refractivity contribution is -0.119. The van der Waals surface area contributed by atoms with Crippen LogP contribution in [0.25, 0.3) is 10.9 Å². The first-order chi connectivity index (χ1) is 17.0. The molecule has 5 rings (SSSR count). The lowest BCUT2D eigenvalue weighted by Crippen LogP contribution is -2.22. The van der Waals surface area contributed by atoms with Crippen LogP contribution in [-0.4, -0.2) is 23.5 Å². The minimum atomic E-state index is -0.490. The molecule has 1 unspecified atom stereocenters. The summed E-state index contributed by atoms with van der Waals surface area (Å²) < 4.78 is 5.54. The van der Waals surface area contributed by atoms with Crippen LogP contribution >= 0.6 is 11.3 Å². The molecule has 0 radical (unpaired) electrons. The highest BCUT2D eigenvalue weighted by molar-refractivity contribution is 7.16. The van der Waals surface area contributed by atoms with Gasteiger partial charge < -0.3 is 10.1 Å². The number of thiophene rings is 1. The number of nitrogens with one attached hydrogen (secondary N) is 1. The summed E-state index contributed by atoms with van der Waals surface area (Å²) in [6.45, 7) is 1.81. The van der Waals surface area contributed by atoms with Gasteiger partial charge in [0.25, 0.3) is 5.91 Å². The van der Waals surface area contributed by atoms with E-state index in [9.17, 15) is 14.9 Å². The summed E-state index contributed by atoms with van der Waals surface area (Å²) in [5, 5.41) is 13.8. The fourth-order valence-electron chi connectivity index (χ4n) is 5.28. The zero-order valence-electron chi connectivity index (χ0n) is 20.0. The average molecular weight is 488 g/mol. The van der Waals surface area contributed by atoms with E-state index in [2.05, 4.69) is 18.3 Å². The van der Waals surface area contributed by atoms with Crippen molar-refractivity contribution in [1.29, 1.82) is 5.26 Å². The number of para-hydroxylation sites is 1. The molecule has 1 aromatic carbocycles. The molecular formula is C28H29N3O3S. The molecule has 35 heavy (non-hydrogen) atoms. The van der Waals surface area contributed by atoms with Crippen molar-refractivity contribution in [2.24, 2.45) is 5.92 Å². The van der Waals surface area contributed by atoms with Gasteiger partial charge in [0.05, 0.1) is 16.6 Å². The van der Waals surface area contributed by atoms with Crippen LogP contribution in [0.2, 0.25) is 0 Å². The molecular weight excluding hydrogens is 458 g/mol. The van der Waals surface area contributed by atoms with Gasteiger partial charge in [-0.3, -0.25) is 9.78 Å². The number of amides is 1. The van der Waals surface area contributed by atoms with E-state index in [1.807, 2.05) is 24.3 Å². The topological polar surface area (TPSA) is 92.1 Å². The number of esters is 1. The Morgan fingerprint density at radius 2 is 1.94 bits per heavy atom. The minimum Gasteiger partial charge on any atom is -0.452 e. The van der Waals surface area contributed by atoms with Crippen LogP contribution in [-0.2, 0) is 35.2 Å². The maximum atomic E-state index is 13.3. The Kier molecular flexibility index (Phi) is 6.83. The van der Waals surface area contributed by atoms with Crippen LogP contribution in [0.1, 0.15) is 76.6 Å². The Labute approximate surface area is 209 Å². The molecule has 2 aliphatic rings. The molecule has 0 saturated heterocycles. The van der Waals surface area contributed by atoms with Crippen LogP contribution in [0.4, 0.5) is 5.00 Å². The fourth-order valence-corrected chi connectivity index (χ4v) is 6.66. The van der Waals surface area contributed by atoms with Gasteiger partial charge in [-0.05, 0) is 68.1 Å². The average Bonchev–Trinajstić information content (AvgIpc) is 3.17. The molecule has 2 heterocycles. The SMILES string of the molecule is CC1CCc2c(sc(NC(=O)COC(=O)c3c4c(nc5ccccc35)CCCCCC4)c2C#N)C1. The standard InChI is InChI=1S/C28H29N3O3S/c1-17-12-13-18-21(15-29)27(35-24(18)14-17)31-25(32)16-34-28(33)26-19-8-4-2-3-5-10-22(19)30-23-11-7-6-9-20(23)26/h6-7,9,11,17H,2-5,8,10,12-14,16H2,1H3,(H,31,32). The first-order valence-electron chi connectivity index (χ1n) is 12.5. The van der Waals surface area contributed by atoms with Crippen LogP contribution < -0.4 is 5.32 Å². The number of rotatable bonds is 4. The van der Waals surface area contributed by atoms with E-state index in [4.69, 9.17) is 9.72 Å². The molecule has 1 N–H and O–H groups in total. The largest absolute Gasteiger partial charge is 0.452 e. The van der Waals surface area contributed by atoms with Gasteiger partial charge in [-0.1, -0.05) is 38.0 Å². The molecule has 1 atom stereocenters. The number of carbonyl (C=O) groups is 2. The summed E-state index contributed by atoms with van der Waals surface area (Å²) in [6.07, 6.45) is 8.84. The third-order valence-electron chi connectivity index (χ3n) is 7.08. The summed E-state index contributed by atoms with van der Waals surface area (Å²) >= 11 is 1.47. The normalized spacial score (nSPS) is 17.4. The molecule has 0 spiro atoms. The number of fused-ring (bicyclic) bond motifs is 3. The van der Waals surface area contributed by atoms with Gasteiger partial charge in [0.2, 0.25) is 0 Å². The number of pyridine rings is 1. The maximum Gasteiger partial charge on any atom is 0.339 e. The second-order valence-electron chi connectivity index (χ2n) is 9.64. The van der Waals surface area contributed by atoms with Gasteiger partial charge in [0.15, 0.2) is 6.61 Å². The van der Waals surface area contributed by atoms with Gasteiger partial charge in [-0.15, -0.1) is 11.3 Å². The Bertz CT molecular complexity index is 1340. The number of hydrogen-bond acceptors (Lipinski definition) is 6. The molecule has 1 amide bonds. The van der Waals surface area contributed by atoms with Gasteiger partial charge in [0.1, 0.15) is 11.1 Å². The monoisotopic (exact) mass is 487 g/mol. The van der Waals surface area contributed by atoms with Crippen molar-refractivity contribution in [2.75, 3.05) is 11.9 Å². The lowest BCUT2D eigenvalue weighted by atomic mass is 9.89. The van der Waals surface area contributed by atoms with E-state index in [-0.39, 0.29) is 0 Å². The quantitative estimate of drug-likeness (QED) is 0.473. The van der Waals surface area contributed by atoms with E-state index in [0.717, 1.165) is 79.1 Å². The molecule has 2 aromatic heterocycles. The first-order valence-corrected chi connectivity index (χ1v) is 13.3. The predicted octanol–water partition coefficient (Wildman–Crippen LogP) is 5.75. The summed E-state index contributed by atoms with van der Waals surface area (Å²) in [5.41, 5.74) is 4.86. The van der Waals surface area contributed by atoms with Gasteiger partial charge in [-0.25, -0.2) is 4.79 Å². The van der Waals surface area contributed by atoms with Crippen molar-refractivity contribution in [2.45, 2.75) is 64.7 Å². The summed E-state index contributed by atoms with van der Waals surface area (Å²) in [6, 6.07) is 9.89. The smallest absolute Gasteiger partial charge is 0.339 e. The Morgan fingerprint density at radius 1 is 1.14 bits per heavy atom. The van der Waals surface area contributed by atoms with Gasteiger partial charge >= 0.3 is 5.97 Å².